The fraction of sp³-hybridized carbons (Fsp3) is 0.538. The molecule has 0 aliphatic carbocycles. The van der Waals surface area contributed by atoms with Crippen molar-refractivity contribution in [2.45, 2.75) is 26.3 Å². The molecule has 1 aromatic rings. The summed E-state index contributed by atoms with van der Waals surface area (Å²) in [7, 11) is 0. The summed E-state index contributed by atoms with van der Waals surface area (Å²) in [5.41, 5.74) is 0. The normalized spacial score (nSPS) is 23.9. The van der Waals surface area contributed by atoms with E-state index >= 15 is 0 Å². The van der Waals surface area contributed by atoms with Crippen LogP contribution in [0.25, 0.3) is 0 Å². The van der Waals surface area contributed by atoms with Gasteiger partial charge in [0.15, 0.2) is 0 Å². The molecule has 0 spiro atoms. The Bertz CT molecular complexity index is 441. The highest BCUT2D eigenvalue weighted by Crippen LogP contribution is 2.40. The molecule has 0 aromatic carbocycles. The van der Waals surface area contributed by atoms with Crippen LogP contribution in [-0.4, -0.2) is 28.4 Å². The quantitative estimate of drug-likeness (QED) is 0.911. The Balaban J connectivity index is 2.32. The molecule has 2 heterocycles. The van der Waals surface area contributed by atoms with Crippen molar-refractivity contribution in [1.29, 1.82) is 0 Å². The predicted octanol–water partition coefficient (Wildman–Crippen LogP) is 2.38. The Morgan fingerprint density at radius 1 is 1.61 bits per heavy atom. The molecule has 0 bridgehead atoms. The second-order valence-electron chi connectivity index (χ2n) is 5.05. The van der Waals surface area contributed by atoms with E-state index in [-0.39, 0.29) is 18.4 Å². The average molecular weight is 267 g/mol. The fourth-order valence-electron chi connectivity index (χ4n) is 2.43. The molecule has 1 saturated heterocycles. The molecule has 2 rings (SSSR count). The summed E-state index contributed by atoms with van der Waals surface area (Å²) in [6, 6.07) is 3.52. The zero-order valence-electron chi connectivity index (χ0n) is 10.5. The van der Waals surface area contributed by atoms with Gasteiger partial charge in [-0.3, -0.25) is 9.59 Å². The average Bonchev–Trinajstić information content (AvgIpc) is 2.87. The second-order valence-corrected chi connectivity index (χ2v) is 6.03. The van der Waals surface area contributed by atoms with Crippen LogP contribution in [0.2, 0.25) is 0 Å². The van der Waals surface area contributed by atoms with Gasteiger partial charge >= 0.3 is 5.97 Å². The van der Waals surface area contributed by atoms with Crippen LogP contribution in [0.5, 0.6) is 0 Å². The van der Waals surface area contributed by atoms with E-state index in [2.05, 4.69) is 0 Å². The lowest BCUT2D eigenvalue weighted by atomic mass is 9.99. The largest absolute Gasteiger partial charge is 0.481 e. The third-order valence-electron chi connectivity index (χ3n) is 3.15. The van der Waals surface area contributed by atoms with E-state index in [1.807, 2.05) is 31.4 Å². The lowest BCUT2D eigenvalue weighted by molar-refractivity contribution is -0.142. The molecule has 1 aliphatic rings. The SMILES string of the molecule is CC(C)CN1C(=O)CC(C(=O)O)C1c1cccs1. The van der Waals surface area contributed by atoms with Crippen molar-refractivity contribution in [2.24, 2.45) is 11.8 Å². The zero-order chi connectivity index (χ0) is 13.3. The highest BCUT2D eigenvalue weighted by molar-refractivity contribution is 7.10. The molecule has 98 valence electrons. The van der Waals surface area contributed by atoms with Crippen molar-refractivity contribution in [3.8, 4) is 0 Å². The molecule has 4 nitrogen and oxygen atoms in total. The number of aliphatic carboxylic acids is 1. The van der Waals surface area contributed by atoms with Crippen LogP contribution in [0.4, 0.5) is 0 Å². The lowest BCUT2D eigenvalue weighted by Crippen LogP contribution is -2.33. The first-order chi connectivity index (χ1) is 8.50. The summed E-state index contributed by atoms with van der Waals surface area (Å²) in [6.07, 6.45) is 0.116. The van der Waals surface area contributed by atoms with Gasteiger partial charge in [0, 0.05) is 17.8 Å². The number of likely N-dealkylation sites (tertiary alicyclic amines) is 1. The highest BCUT2D eigenvalue weighted by atomic mass is 32.1. The first-order valence-electron chi connectivity index (χ1n) is 6.06. The first-order valence-corrected chi connectivity index (χ1v) is 6.94. The minimum Gasteiger partial charge on any atom is -0.481 e. The summed E-state index contributed by atoms with van der Waals surface area (Å²) in [5, 5.41) is 11.2. The number of hydrogen-bond acceptors (Lipinski definition) is 3. The Hall–Kier alpha value is -1.36. The van der Waals surface area contributed by atoms with E-state index in [1.54, 1.807) is 4.90 Å². The number of nitrogens with zero attached hydrogens (tertiary/aromatic N) is 1. The fourth-order valence-corrected chi connectivity index (χ4v) is 3.33. The van der Waals surface area contributed by atoms with Gasteiger partial charge in [0.25, 0.3) is 0 Å². The van der Waals surface area contributed by atoms with E-state index in [0.29, 0.717) is 12.5 Å². The van der Waals surface area contributed by atoms with Crippen LogP contribution in [0, 0.1) is 11.8 Å². The van der Waals surface area contributed by atoms with E-state index in [0.717, 1.165) is 4.88 Å². The second kappa shape index (κ2) is 5.10. The van der Waals surface area contributed by atoms with Crippen LogP contribution < -0.4 is 0 Å². The van der Waals surface area contributed by atoms with Crippen molar-refractivity contribution in [3.05, 3.63) is 22.4 Å². The topological polar surface area (TPSA) is 57.6 Å². The van der Waals surface area contributed by atoms with Crippen LogP contribution in [0.3, 0.4) is 0 Å². The molecule has 2 unspecified atom stereocenters. The van der Waals surface area contributed by atoms with Gasteiger partial charge < -0.3 is 10.0 Å². The zero-order valence-corrected chi connectivity index (χ0v) is 11.3. The Morgan fingerprint density at radius 3 is 2.83 bits per heavy atom. The number of rotatable bonds is 4. The van der Waals surface area contributed by atoms with Gasteiger partial charge in [-0.25, -0.2) is 0 Å². The standard InChI is InChI=1S/C13H17NO3S/c1-8(2)7-14-11(15)6-9(13(16)17)12(14)10-4-3-5-18-10/h3-5,8-9,12H,6-7H2,1-2H3,(H,16,17). The van der Waals surface area contributed by atoms with Crippen molar-refractivity contribution in [3.63, 3.8) is 0 Å². The van der Waals surface area contributed by atoms with Crippen LogP contribution in [0.1, 0.15) is 31.2 Å². The molecule has 1 amide bonds. The first kappa shape index (κ1) is 13.1. The third-order valence-corrected chi connectivity index (χ3v) is 4.09. The smallest absolute Gasteiger partial charge is 0.309 e. The Labute approximate surface area is 110 Å². The van der Waals surface area contributed by atoms with Gasteiger partial charge in [-0.05, 0) is 17.4 Å². The molecule has 1 N–H and O–H groups in total. The number of carboxylic acid groups (broad SMARTS) is 1. The van der Waals surface area contributed by atoms with Gasteiger partial charge in [0.2, 0.25) is 5.91 Å². The summed E-state index contributed by atoms with van der Waals surface area (Å²) in [4.78, 5) is 26.0. The van der Waals surface area contributed by atoms with Gasteiger partial charge in [-0.1, -0.05) is 19.9 Å². The van der Waals surface area contributed by atoms with Gasteiger partial charge in [0.05, 0.1) is 12.0 Å². The Morgan fingerprint density at radius 2 is 2.33 bits per heavy atom. The molecular formula is C13H17NO3S. The number of carbonyl (C=O) groups excluding carboxylic acids is 1. The third kappa shape index (κ3) is 2.41. The van der Waals surface area contributed by atoms with Gasteiger partial charge in [-0.2, -0.15) is 0 Å². The van der Waals surface area contributed by atoms with Crippen molar-refractivity contribution < 1.29 is 14.7 Å². The van der Waals surface area contributed by atoms with Crippen LogP contribution in [-0.2, 0) is 9.59 Å². The van der Waals surface area contributed by atoms with E-state index in [1.165, 1.54) is 11.3 Å². The number of hydrogen-bond donors (Lipinski definition) is 1. The molecule has 1 aliphatic heterocycles. The predicted molar refractivity (Wildman–Crippen MR) is 69.4 cm³/mol. The van der Waals surface area contributed by atoms with E-state index in [9.17, 15) is 14.7 Å². The maximum atomic E-state index is 12.0. The summed E-state index contributed by atoms with van der Waals surface area (Å²) in [5.74, 6) is -1.21. The monoisotopic (exact) mass is 267 g/mol. The molecule has 1 aromatic heterocycles. The minimum atomic E-state index is -0.881. The minimum absolute atomic E-state index is 0.0468. The molecule has 0 saturated carbocycles. The summed E-state index contributed by atoms with van der Waals surface area (Å²) >= 11 is 1.52. The van der Waals surface area contributed by atoms with Gasteiger partial charge in [-0.15, -0.1) is 11.3 Å². The maximum absolute atomic E-state index is 12.0. The van der Waals surface area contributed by atoms with Crippen molar-refractivity contribution >= 4 is 23.2 Å². The van der Waals surface area contributed by atoms with E-state index in [4.69, 9.17) is 0 Å². The number of amides is 1. The number of carboxylic acids is 1. The maximum Gasteiger partial charge on any atom is 0.309 e. The number of carbonyl (C=O) groups is 2. The lowest BCUT2D eigenvalue weighted by Gasteiger charge is -2.27. The summed E-state index contributed by atoms with van der Waals surface area (Å²) in [6.45, 7) is 4.69. The van der Waals surface area contributed by atoms with Gasteiger partial charge in [0.1, 0.15) is 0 Å². The summed E-state index contributed by atoms with van der Waals surface area (Å²) < 4.78 is 0. The molecule has 2 atom stereocenters. The Kier molecular flexibility index (Phi) is 3.71. The molecule has 1 fully saturated rings. The van der Waals surface area contributed by atoms with Crippen LogP contribution in [0.15, 0.2) is 17.5 Å². The van der Waals surface area contributed by atoms with E-state index < -0.39 is 11.9 Å². The highest BCUT2D eigenvalue weighted by Gasteiger charge is 2.45. The van der Waals surface area contributed by atoms with Crippen molar-refractivity contribution in [2.75, 3.05) is 6.54 Å². The molecule has 5 heteroatoms. The molecule has 0 radical (unpaired) electrons. The molecule has 18 heavy (non-hydrogen) atoms. The molecular weight excluding hydrogens is 250 g/mol. The van der Waals surface area contributed by atoms with Crippen LogP contribution >= 0.6 is 11.3 Å². The number of thiophene rings is 1. The van der Waals surface area contributed by atoms with Crippen molar-refractivity contribution in [1.82, 2.24) is 4.90 Å².